The van der Waals surface area contributed by atoms with Crippen molar-refractivity contribution >= 4 is 32.0 Å². The van der Waals surface area contributed by atoms with E-state index in [2.05, 4.69) is 0 Å². The van der Waals surface area contributed by atoms with Crippen LogP contribution in [0.1, 0.15) is 0 Å². The Kier molecular flexibility index (Phi) is 108. The molecule has 0 unspecified atom stereocenters. The molecule has 0 bridgehead atoms. The van der Waals surface area contributed by atoms with Crippen LogP contribution in [0.4, 0.5) is 4.79 Å². The molecule has 72 valence electrons. The van der Waals surface area contributed by atoms with Gasteiger partial charge in [0.25, 0.3) is 0 Å². The minimum atomic E-state index is -5.17. The molecule has 0 aliphatic rings. The van der Waals surface area contributed by atoms with Crippen LogP contribution in [0.15, 0.2) is 0 Å². The van der Waals surface area contributed by atoms with E-state index in [1.54, 1.807) is 0 Å². The van der Waals surface area contributed by atoms with Crippen molar-refractivity contribution in [2.75, 3.05) is 0 Å². The van der Waals surface area contributed by atoms with E-state index in [1.807, 2.05) is 0 Å². The summed E-state index contributed by atoms with van der Waals surface area (Å²) in [6.45, 7) is 0. The van der Waals surface area contributed by atoms with Crippen LogP contribution < -0.4 is 162 Å². The van der Waals surface area contributed by atoms with Gasteiger partial charge in [-0.05, 0) is 6.16 Å². The first kappa shape index (κ1) is 49.6. The Morgan fingerprint density at radius 2 is 0.882 bits per heavy atom. The third kappa shape index (κ3) is 371. The van der Waals surface area contributed by atoms with Gasteiger partial charge in [0.05, 0.1) is 0 Å². The van der Waals surface area contributed by atoms with Crippen LogP contribution in [0.25, 0.3) is 0 Å². The van der Waals surface area contributed by atoms with Crippen LogP contribution in [-0.2, 0) is 14.2 Å². The second-order valence-electron chi connectivity index (χ2n) is 0.754. The molecule has 0 saturated carbocycles. The van der Waals surface area contributed by atoms with E-state index in [0.717, 1.165) is 0 Å². The van der Waals surface area contributed by atoms with Crippen LogP contribution in [0.2, 0.25) is 0 Å². The third-order valence-corrected chi connectivity index (χ3v) is 0. The van der Waals surface area contributed by atoms with Gasteiger partial charge in [0, 0.05) is 10.4 Å². The van der Waals surface area contributed by atoms with E-state index in [4.69, 9.17) is 40.5 Å². The molecule has 0 atom stereocenters. The average molecular weight is 330 g/mol. The van der Waals surface area contributed by atoms with E-state index in [-0.39, 0.29) is 148 Å². The number of carbonyl (C=O) groups is 1. The molecule has 0 aliphatic heterocycles. The van der Waals surface area contributed by atoms with Crippen LogP contribution >= 0.6 is 0 Å². The number of carboxylic acid groups (broad SMARTS) is 2. The van der Waals surface area contributed by atoms with Crippen molar-refractivity contribution in [3.63, 3.8) is 0 Å². The van der Waals surface area contributed by atoms with Gasteiger partial charge in [0.15, 0.2) is 0 Å². The molecule has 0 amide bonds. The number of hydrogen-bond donors (Lipinski definition) is 0. The molecule has 0 rings (SSSR count). The van der Waals surface area contributed by atoms with Gasteiger partial charge in [-0.15, -0.1) is 0 Å². The molecule has 0 saturated heterocycles. The molecule has 0 heterocycles. The van der Waals surface area contributed by atoms with Crippen molar-refractivity contribution in [3.05, 3.63) is 0 Å². The van der Waals surface area contributed by atoms with Crippen molar-refractivity contribution in [2.24, 2.45) is 0 Å². The summed E-state index contributed by atoms with van der Waals surface area (Å²) in [5.41, 5.74) is 0. The SMILES string of the molecule is O=C([O-])[O-].O=S(=O)([O-])[O-].[Na+].[Na+].[Na+].[Na+].[Na+].[O]=[Al][O-]. The average Bonchev–Trinajstić information content (AvgIpc) is 1.56. The molecule has 0 aromatic rings. The van der Waals surface area contributed by atoms with Crippen molar-refractivity contribution in [1.82, 2.24) is 0 Å². The number of rotatable bonds is 0. The van der Waals surface area contributed by atoms with Gasteiger partial charge in [0.1, 0.15) is 0 Å². The predicted octanol–water partition coefficient (Wildman–Crippen LogP) is -20.5. The Labute approximate surface area is 215 Å². The fourth-order valence-electron chi connectivity index (χ4n) is 0. The first-order valence-corrected chi connectivity index (χ1v) is 4.03. The third-order valence-electron chi connectivity index (χ3n) is 0. The molecule has 0 aliphatic carbocycles. The fraction of sp³-hybridized carbons (Fsp3) is 0. The molecular formula is CAlNa5O9S. The van der Waals surface area contributed by atoms with Crippen molar-refractivity contribution in [1.29, 1.82) is 0 Å². The summed E-state index contributed by atoms with van der Waals surface area (Å²) in [4.78, 5) is 8.33. The summed E-state index contributed by atoms with van der Waals surface area (Å²) >= 11 is -1.75. The van der Waals surface area contributed by atoms with E-state index in [1.165, 1.54) is 0 Å². The summed E-state index contributed by atoms with van der Waals surface area (Å²) in [5.74, 6) is 0. The molecule has 0 aromatic heterocycles. The van der Waals surface area contributed by atoms with E-state index >= 15 is 0 Å². The van der Waals surface area contributed by atoms with Gasteiger partial charge in [-0.3, -0.25) is 8.42 Å². The zero-order valence-corrected chi connectivity index (χ0v) is 22.1. The quantitative estimate of drug-likeness (QED) is 0.236. The molecule has 16 heteroatoms. The summed E-state index contributed by atoms with van der Waals surface area (Å²) in [6, 6.07) is 0. The van der Waals surface area contributed by atoms with E-state index in [0.29, 0.717) is 0 Å². The summed E-state index contributed by atoms with van der Waals surface area (Å²) in [7, 11) is -5.17. The second kappa shape index (κ2) is 37.0. The van der Waals surface area contributed by atoms with Crippen molar-refractivity contribution in [3.8, 4) is 0 Å². The Balaban J connectivity index is -0.0000000106. The van der Waals surface area contributed by atoms with Crippen LogP contribution in [0.3, 0.4) is 0 Å². The second-order valence-corrected chi connectivity index (χ2v) is 1.76. The van der Waals surface area contributed by atoms with Gasteiger partial charge in [-0.2, -0.15) is 0 Å². The van der Waals surface area contributed by atoms with E-state index < -0.39 is 32.0 Å². The monoisotopic (exact) mass is 330 g/mol. The van der Waals surface area contributed by atoms with Crippen LogP contribution in [0, 0.1) is 0 Å². The number of hydrogen-bond acceptors (Lipinski definition) is 9. The van der Waals surface area contributed by atoms with Crippen molar-refractivity contribution in [2.45, 2.75) is 0 Å². The van der Waals surface area contributed by atoms with Gasteiger partial charge < -0.3 is 24.1 Å². The fourth-order valence-corrected chi connectivity index (χ4v) is 0. The molecule has 0 N–H and O–H groups in total. The topological polar surface area (TPSA) is 184 Å². The number of carbonyl (C=O) groups excluding carboxylic acids is 1. The molecule has 0 fully saturated rings. The first-order valence-electron chi connectivity index (χ1n) is 1.75. The van der Waals surface area contributed by atoms with Gasteiger partial charge in [-0.25, -0.2) is 0 Å². The summed E-state index contributed by atoms with van der Waals surface area (Å²) in [6.07, 6.45) is -2.33. The Bertz CT molecular complexity index is 205. The Hall–Kier alpha value is 4.27. The van der Waals surface area contributed by atoms with Gasteiger partial charge in [0.2, 0.25) is 0 Å². The molecule has 9 nitrogen and oxygen atoms in total. The Morgan fingerprint density at radius 3 is 0.882 bits per heavy atom. The first-order chi connectivity index (χ1) is 5.15. The molecule has 0 radical (unpaired) electrons. The Morgan fingerprint density at radius 1 is 0.882 bits per heavy atom. The van der Waals surface area contributed by atoms with Gasteiger partial charge >= 0.3 is 171 Å². The summed E-state index contributed by atoms with van der Waals surface area (Å²) < 4.78 is 51.0. The maximum absolute atomic E-state index is 8.52. The zero-order chi connectivity index (χ0) is 10.8. The maximum atomic E-state index is 8.52. The van der Waals surface area contributed by atoms with Crippen LogP contribution in [-0.4, -0.2) is 39.2 Å². The molecule has 0 spiro atoms. The standard InChI is InChI=1S/CH2O3.Al.5Na.H2O4S.2O/c2-1(3)4;;;;;;;1-5(2,3)4;;/h(H2,2,3,4);;;;;;;(H2,1,2,3,4);;/q;;5*+1;;;-1/p-4. The van der Waals surface area contributed by atoms with E-state index in [9.17, 15) is 0 Å². The summed E-state index contributed by atoms with van der Waals surface area (Å²) in [5, 5.41) is 16.7. The zero-order valence-electron chi connectivity index (χ0n) is 10.2. The minimum absolute atomic E-state index is 0. The van der Waals surface area contributed by atoms with Crippen molar-refractivity contribution < 1.29 is 188 Å². The van der Waals surface area contributed by atoms with Gasteiger partial charge in [-0.1, -0.05) is 0 Å². The molecular weight excluding hydrogens is 330 g/mol. The van der Waals surface area contributed by atoms with Crippen LogP contribution in [0.5, 0.6) is 0 Å². The molecule has 0 aromatic carbocycles. The molecule has 17 heavy (non-hydrogen) atoms. The normalized spacial score (nSPS) is 5.29. The predicted molar refractivity (Wildman–Crippen MR) is 22.3 cm³/mol.